The Labute approximate surface area is 114 Å². The Kier molecular flexibility index (Phi) is 2.86. The zero-order valence-electron chi connectivity index (χ0n) is 11.9. The number of benzene rings is 1. The lowest BCUT2D eigenvalue weighted by Gasteiger charge is -2.18. The third-order valence-corrected chi connectivity index (χ3v) is 4.54. The van der Waals surface area contributed by atoms with Gasteiger partial charge in [-0.1, -0.05) is 13.0 Å². The predicted octanol–water partition coefficient (Wildman–Crippen LogP) is 3.98. The standard InChI is InChI=1S/C17H20N2/c1-10-4-5-15-14(8-10)16-11(2)9-13(6-7-18)12(3)17(16)19-15/h9-10,19H,4-6,8H2,1-3H3/t10-/m0/s1. The van der Waals surface area contributed by atoms with Crippen LogP contribution in [-0.4, -0.2) is 4.98 Å². The van der Waals surface area contributed by atoms with Gasteiger partial charge >= 0.3 is 0 Å². The summed E-state index contributed by atoms with van der Waals surface area (Å²) < 4.78 is 0. The summed E-state index contributed by atoms with van der Waals surface area (Å²) in [4.78, 5) is 3.64. The number of hydrogen-bond acceptors (Lipinski definition) is 1. The number of aryl methyl sites for hydroxylation is 3. The van der Waals surface area contributed by atoms with E-state index < -0.39 is 0 Å². The van der Waals surface area contributed by atoms with Crippen molar-refractivity contribution in [2.75, 3.05) is 0 Å². The van der Waals surface area contributed by atoms with Crippen molar-refractivity contribution < 1.29 is 0 Å². The third kappa shape index (κ3) is 1.85. The summed E-state index contributed by atoms with van der Waals surface area (Å²) >= 11 is 0. The molecule has 1 aliphatic rings. The molecular weight excluding hydrogens is 232 g/mol. The number of aromatic amines is 1. The molecule has 2 nitrogen and oxygen atoms in total. The van der Waals surface area contributed by atoms with Crippen molar-refractivity contribution in [3.05, 3.63) is 34.0 Å². The molecule has 0 aliphatic heterocycles. The van der Waals surface area contributed by atoms with E-state index in [0.717, 1.165) is 12.3 Å². The molecule has 3 rings (SSSR count). The van der Waals surface area contributed by atoms with E-state index in [1.807, 2.05) is 0 Å². The number of H-pyrrole nitrogens is 1. The molecule has 2 aromatic rings. The molecule has 1 atom stereocenters. The number of nitrogens with zero attached hydrogens (tertiary/aromatic N) is 1. The van der Waals surface area contributed by atoms with E-state index in [1.165, 1.54) is 51.7 Å². The summed E-state index contributed by atoms with van der Waals surface area (Å²) in [5.74, 6) is 0.782. The van der Waals surface area contributed by atoms with Crippen LogP contribution in [0, 0.1) is 31.1 Å². The predicted molar refractivity (Wildman–Crippen MR) is 78.3 cm³/mol. The monoisotopic (exact) mass is 252 g/mol. The Balaban J connectivity index is 2.28. The largest absolute Gasteiger partial charge is 0.358 e. The second-order valence-corrected chi connectivity index (χ2v) is 5.99. The zero-order valence-corrected chi connectivity index (χ0v) is 11.9. The Hall–Kier alpha value is -1.75. The summed E-state index contributed by atoms with van der Waals surface area (Å²) in [6, 6.07) is 4.47. The Morgan fingerprint density at radius 3 is 2.95 bits per heavy atom. The molecule has 19 heavy (non-hydrogen) atoms. The first-order valence-corrected chi connectivity index (χ1v) is 7.11. The lowest BCUT2D eigenvalue weighted by Crippen LogP contribution is -2.10. The summed E-state index contributed by atoms with van der Waals surface area (Å²) in [5.41, 5.74) is 7.96. The van der Waals surface area contributed by atoms with Crippen molar-refractivity contribution in [2.45, 2.75) is 46.5 Å². The fourth-order valence-corrected chi connectivity index (χ4v) is 3.46. The number of hydrogen-bond donors (Lipinski definition) is 1. The van der Waals surface area contributed by atoms with Crippen LogP contribution in [0.4, 0.5) is 0 Å². The van der Waals surface area contributed by atoms with E-state index in [9.17, 15) is 0 Å². The lowest BCUT2D eigenvalue weighted by molar-refractivity contribution is 0.499. The molecule has 98 valence electrons. The Morgan fingerprint density at radius 1 is 1.42 bits per heavy atom. The van der Waals surface area contributed by atoms with Gasteiger partial charge in [0.1, 0.15) is 0 Å². The fraction of sp³-hybridized carbons (Fsp3) is 0.471. The van der Waals surface area contributed by atoms with E-state index in [0.29, 0.717) is 6.42 Å². The highest BCUT2D eigenvalue weighted by Crippen LogP contribution is 2.35. The van der Waals surface area contributed by atoms with Crippen molar-refractivity contribution >= 4 is 10.9 Å². The Morgan fingerprint density at radius 2 is 2.21 bits per heavy atom. The van der Waals surface area contributed by atoms with Gasteiger partial charge in [0.25, 0.3) is 0 Å². The molecule has 1 N–H and O–H groups in total. The molecule has 0 saturated carbocycles. The van der Waals surface area contributed by atoms with Gasteiger partial charge in [-0.2, -0.15) is 5.26 Å². The van der Waals surface area contributed by atoms with Crippen LogP contribution >= 0.6 is 0 Å². The van der Waals surface area contributed by atoms with E-state index in [1.54, 1.807) is 0 Å². The average Bonchev–Trinajstić information content (AvgIpc) is 2.75. The minimum Gasteiger partial charge on any atom is -0.358 e. The fourth-order valence-electron chi connectivity index (χ4n) is 3.46. The highest BCUT2D eigenvalue weighted by molar-refractivity contribution is 5.91. The first-order chi connectivity index (χ1) is 9.11. The molecule has 1 heterocycles. The maximum atomic E-state index is 8.94. The minimum absolute atomic E-state index is 0.503. The normalized spacial score (nSPS) is 18.3. The van der Waals surface area contributed by atoms with Crippen LogP contribution in [0.2, 0.25) is 0 Å². The van der Waals surface area contributed by atoms with Crippen LogP contribution in [0.25, 0.3) is 10.9 Å². The topological polar surface area (TPSA) is 39.6 Å². The van der Waals surface area contributed by atoms with Crippen molar-refractivity contribution in [2.24, 2.45) is 5.92 Å². The first-order valence-electron chi connectivity index (χ1n) is 7.11. The van der Waals surface area contributed by atoms with Crippen molar-refractivity contribution in [1.82, 2.24) is 4.98 Å². The summed E-state index contributed by atoms with van der Waals surface area (Å²) in [5, 5.41) is 10.4. The molecule has 1 aromatic carbocycles. The van der Waals surface area contributed by atoms with Crippen molar-refractivity contribution in [3.63, 3.8) is 0 Å². The summed E-state index contributed by atoms with van der Waals surface area (Å²) in [6.45, 7) is 6.66. The smallest absolute Gasteiger partial charge is 0.0669 e. The average molecular weight is 252 g/mol. The van der Waals surface area contributed by atoms with Gasteiger partial charge in [0, 0.05) is 16.6 Å². The summed E-state index contributed by atoms with van der Waals surface area (Å²) in [7, 11) is 0. The van der Waals surface area contributed by atoms with Crippen LogP contribution in [-0.2, 0) is 19.3 Å². The van der Waals surface area contributed by atoms with Gasteiger partial charge in [-0.15, -0.1) is 0 Å². The number of aromatic nitrogens is 1. The highest BCUT2D eigenvalue weighted by Gasteiger charge is 2.22. The quantitative estimate of drug-likeness (QED) is 0.819. The lowest BCUT2D eigenvalue weighted by atomic mass is 9.86. The third-order valence-electron chi connectivity index (χ3n) is 4.54. The molecule has 2 heteroatoms. The maximum Gasteiger partial charge on any atom is 0.0669 e. The Bertz CT molecular complexity index is 686. The molecule has 0 unspecified atom stereocenters. The van der Waals surface area contributed by atoms with Gasteiger partial charge in [-0.05, 0) is 61.3 Å². The van der Waals surface area contributed by atoms with E-state index in [2.05, 4.69) is 37.9 Å². The van der Waals surface area contributed by atoms with Crippen LogP contribution in [0.1, 0.15) is 41.3 Å². The van der Waals surface area contributed by atoms with Crippen LogP contribution in [0.15, 0.2) is 6.07 Å². The second-order valence-electron chi connectivity index (χ2n) is 5.99. The molecular formula is C17H20N2. The molecule has 1 aromatic heterocycles. The number of nitriles is 1. The molecule has 0 spiro atoms. The van der Waals surface area contributed by atoms with Gasteiger partial charge in [0.05, 0.1) is 12.5 Å². The van der Waals surface area contributed by atoms with Gasteiger partial charge in [0.15, 0.2) is 0 Å². The molecule has 0 saturated heterocycles. The van der Waals surface area contributed by atoms with E-state index >= 15 is 0 Å². The van der Waals surface area contributed by atoms with Gasteiger partial charge < -0.3 is 4.98 Å². The number of nitrogens with one attached hydrogen (secondary N) is 1. The van der Waals surface area contributed by atoms with Crippen molar-refractivity contribution in [1.29, 1.82) is 5.26 Å². The molecule has 0 amide bonds. The number of fused-ring (bicyclic) bond motifs is 3. The van der Waals surface area contributed by atoms with Crippen molar-refractivity contribution in [3.8, 4) is 6.07 Å². The van der Waals surface area contributed by atoms with Crippen LogP contribution in [0.3, 0.4) is 0 Å². The van der Waals surface area contributed by atoms with Crippen LogP contribution in [0.5, 0.6) is 0 Å². The van der Waals surface area contributed by atoms with Gasteiger partial charge in [0.2, 0.25) is 0 Å². The highest BCUT2D eigenvalue weighted by atomic mass is 14.7. The van der Waals surface area contributed by atoms with E-state index in [-0.39, 0.29) is 0 Å². The zero-order chi connectivity index (χ0) is 13.6. The molecule has 0 bridgehead atoms. The number of rotatable bonds is 1. The first kappa shape index (κ1) is 12.3. The SMILES string of the molecule is Cc1c(CC#N)cc(C)c2c3c([nH]c12)CC[C@H](C)C3. The van der Waals surface area contributed by atoms with Gasteiger partial charge in [-0.3, -0.25) is 0 Å². The minimum atomic E-state index is 0.503. The molecule has 1 aliphatic carbocycles. The second kappa shape index (κ2) is 4.42. The van der Waals surface area contributed by atoms with Gasteiger partial charge in [-0.25, -0.2) is 0 Å². The van der Waals surface area contributed by atoms with Crippen LogP contribution < -0.4 is 0 Å². The molecule has 0 fully saturated rings. The molecule has 0 radical (unpaired) electrons. The maximum absolute atomic E-state index is 8.94. The summed E-state index contributed by atoms with van der Waals surface area (Å²) in [6.07, 6.45) is 4.14. The van der Waals surface area contributed by atoms with E-state index in [4.69, 9.17) is 5.26 Å².